The predicted octanol–water partition coefficient (Wildman–Crippen LogP) is 2.08. The molecule has 0 aromatic carbocycles. The highest BCUT2D eigenvalue weighted by molar-refractivity contribution is 7.98. The van der Waals surface area contributed by atoms with E-state index in [4.69, 9.17) is 4.98 Å². The Morgan fingerprint density at radius 3 is 2.79 bits per heavy atom. The molecule has 4 nitrogen and oxygen atoms in total. The molecule has 1 aromatic rings. The molecule has 1 N–H and O–H groups in total. The van der Waals surface area contributed by atoms with Gasteiger partial charge in [-0.1, -0.05) is 18.7 Å². The smallest absolute Gasteiger partial charge is 0.189 e. The highest BCUT2D eigenvalue weighted by Crippen LogP contribution is 2.29. The number of anilines is 1. The fourth-order valence-corrected chi connectivity index (χ4v) is 3.27. The Morgan fingerprint density at radius 2 is 2.05 bits per heavy atom. The molecule has 2 aliphatic rings. The van der Waals surface area contributed by atoms with E-state index in [9.17, 15) is 0 Å². The molecule has 3 heterocycles. The van der Waals surface area contributed by atoms with Gasteiger partial charge >= 0.3 is 0 Å². The van der Waals surface area contributed by atoms with Crippen LogP contribution in [0.3, 0.4) is 0 Å². The monoisotopic (exact) mass is 278 g/mol. The molecular formula is C14H22N4S. The van der Waals surface area contributed by atoms with E-state index < -0.39 is 0 Å². The molecule has 5 heteroatoms. The fraction of sp³-hybridized carbons (Fsp3) is 0.714. The Balaban J connectivity index is 1.94. The van der Waals surface area contributed by atoms with E-state index in [0.717, 1.165) is 43.7 Å². The molecule has 19 heavy (non-hydrogen) atoms. The second-order valence-corrected chi connectivity index (χ2v) is 6.33. The Bertz CT molecular complexity index is 455. The summed E-state index contributed by atoms with van der Waals surface area (Å²) in [6.07, 6.45) is 5.68. The van der Waals surface area contributed by atoms with E-state index in [1.54, 1.807) is 11.8 Å². The van der Waals surface area contributed by atoms with Gasteiger partial charge in [0.2, 0.25) is 0 Å². The van der Waals surface area contributed by atoms with Gasteiger partial charge in [0.25, 0.3) is 0 Å². The maximum absolute atomic E-state index is 4.80. The third-order valence-electron chi connectivity index (χ3n) is 4.16. The van der Waals surface area contributed by atoms with Crippen LogP contribution in [0.15, 0.2) is 5.16 Å². The van der Waals surface area contributed by atoms with Crippen LogP contribution >= 0.6 is 11.8 Å². The third kappa shape index (κ3) is 2.72. The summed E-state index contributed by atoms with van der Waals surface area (Å²) < 4.78 is 0. The molecule has 0 radical (unpaired) electrons. The summed E-state index contributed by atoms with van der Waals surface area (Å²) in [5.74, 6) is 2.07. The van der Waals surface area contributed by atoms with Crippen molar-refractivity contribution in [3.63, 3.8) is 0 Å². The number of thioether (sulfide) groups is 1. The SMILES string of the molecule is CSc1nc2c(c(N3CCC(C)CC3)n1)CCNC2. The first-order valence-electron chi connectivity index (χ1n) is 7.17. The van der Waals surface area contributed by atoms with Gasteiger partial charge in [-0.2, -0.15) is 0 Å². The lowest BCUT2D eigenvalue weighted by molar-refractivity contribution is 0.434. The van der Waals surface area contributed by atoms with Crippen molar-refractivity contribution in [3.8, 4) is 0 Å². The molecule has 0 amide bonds. The van der Waals surface area contributed by atoms with Gasteiger partial charge in [-0.25, -0.2) is 9.97 Å². The number of aromatic nitrogens is 2. The van der Waals surface area contributed by atoms with Crippen molar-refractivity contribution in [2.45, 2.75) is 37.9 Å². The normalized spacial score (nSPS) is 20.4. The van der Waals surface area contributed by atoms with E-state index in [1.165, 1.54) is 29.9 Å². The standard InChI is InChI=1S/C14H22N4S/c1-10-4-7-18(8-5-10)13-11-3-6-15-9-12(11)16-14(17-13)19-2/h10,15H,3-9H2,1-2H3. The number of nitrogens with zero attached hydrogens (tertiary/aromatic N) is 3. The Hall–Kier alpha value is -0.810. The van der Waals surface area contributed by atoms with Gasteiger partial charge in [-0.05, 0) is 38.0 Å². The van der Waals surface area contributed by atoms with Gasteiger partial charge < -0.3 is 10.2 Å². The molecule has 1 aromatic heterocycles. The maximum atomic E-state index is 4.80. The Morgan fingerprint density at radius 1 is 1.26 bits per heavy atom. The number of rotatable bonds is 2. The lowest BCUT2D eigenvalue weighted by Crippen LogP contribution is -2.36. The van der Waals surface area contributed by atoms with Crippen LogP contribution in [0.4, 0.5) is 5.82 Å². The van der Waals surface area contributed by atoms with Crippen LogP contribution in [0.1, 0.15) is 31.0 Å². The molecule has 0 saturated carbocycles. The summed E-state index contributed by atoms with van der Waals surface area (Å²) in [6.45, 7) is 6.58. The van der Waals surface area contributed by atoms with Crippen LogP contribution in [0, 0.1) is 5.92 Å². The van der Waals surface area contributed by atoms with Crippen LogP contribution in [0.5, 0.6) is 0 Å². The van der Waals surface area contributed by atoms with Crippen molar-refractivity contribution in [2.75, 3.05) is 30.8 Å². The molecule has 2 aliphatic heterocycles. The predicted molar refractivity (Wildman–Crippen MR) is 79.8 cm³/mol. The van der Waals surface area contributed by atoms with Crippen LogP contribution in [-0.2, 0) is 13.0 Å². The molecular weight excluding hydrogens is 256 g/mol. The van der Waals surface area contributed by atoms with Crippen LogP contribution in [-0.4, -0.2) is 35.9 Å². The van der Waals surface area contributed by atoms with Crippen molar-refractivity contribution in [1.82, 2.24) is 15.3 Å². The molecule has 0 atom stereocenters. The van der Waals surface area contributed by atoms with E-state index in [0.29, 0.717) is 0 Å². The van der Waals surface area contributed by atoms with Gasteiger partial charge in [-0.15, -0.1) is 0 Å². The minimum absolute atomic E-state index is 0.857. The van der Waals surface area contributed by atoms with E-state index in [-0.39, 0.29) is 0 Å². The van der Waals surface area contributed by atoms with Gasteiger partial charge in [-0.3, -0.25) is 0 Å². The summed E-state index contributed by atoms with van der Waals surface area (Å²) in [7, 11) is 0. The average Bonchev–Trinajstić information content (AvgIpc) is 2.47. The minimum Gasteiger partial charge on any atom is -0.356 e. The summed E-state index contributed by atoms with van der Waals surface area (Å²) in [4.78, 5) is 11.9. The highest BCUT2D eigenvalue weighted by atomic mass is 32.2. The van der Waals surface area contributed by atoms with Gasteiger partial charge in [0.1, 0.15) is 5.82 Å². The fourth-order valence-electron chi connectivity index (χ4n) is 2.89. The van der Waals surface area contributed by atoms with Gasteiger partial charge in [0.05, 0.1) is 5.69 Å². The molecule has 0 aliphatic carbocycles. The molecule has 1 fully saturated rings. The molecule has 1 saturated heterocycles. The second kappa shape index (κ2) is 5.67. The number of nitrogens with one attached hydrogen (secondary N) is 1. The van der Waals surface area contributed by atoms with E-state index in [1.807, 2.05) is 0 Å². The second-order valence-electron chi connectivity index (χ2n) is 5.56. The van der Waals surface area contributed by atoms with Crippen LogP contribution in [0.25, 0.3) is 0 Å². The summed E-state index contributed by atoms with van der Waals surface area (Å²) in [6, 6.07) is 0. The van der Waals surface area contributed by atoms with Gasteiger partial charge in [0, 0.05) is 25.2 Å². The van der Waals surface area contributed by atoms with Crippen molar-refractivity contribution in [1.29, 1.82) is 0 Å². The third-order valence-corrected chi connectivity index (χ3v) is 4.71. The van der Waals surface area contributed by atoms with Crippen LogP contribution in [0.2, 0.25) is 0 Å². The first kappa shape index (κ1) is 13.2. The zero-order chi connectivity index (χ0) is 13.2. The molecule has 0 spiro atoms. The Labute approximate surface area is 119 Å². The lowest BCUT2D eigenvalue weighted by Gasteiger charge is -2.34. The van der Waals surface area contributed by atoms with E-state index >= 15 is 0 Å². The molecule has 104 valence electrons. The molecule has 0 unspecified atom stereocenters. The number of hydrogen-bond donors (Lipinski definition) is 1. The van der Waals surface area contributed by atoms with Crippen molar-refractivity contribution in [3.05, 3.63) is 11.3 Å². The lowest BCUT2D eigenvalue weighted by atomic mass is 9.98. The molecule has 3 rings (SSSR count). The van der Waals surface area contributed by atoms with Crippen molar-refractivity contribution in [2.24, 2.45) is 5.92 Å². The first-order chi connectivity index (χ1) is 9.28. The van der Waals surface area contributed by atoms with E-state index in [2.05, 4.69) is 28.4 Å². The minimum atomic E-state index is 0.857. The summed E-state index contributed by atoms with van der Waals surface area (Å²) in [5.41, 5.74) is 2.59. The van der Waals surface area contributed by atoms with Crippen molar-refractivity contribution >= 4 is 17.6 Å². The topological polar surface area (TPSA) is 41.1 Å². The zero-order valence-corrected chi connectivity index (χ0v) is 12.6. The van der Waals surface area contributed by atoms with Crippen LogP contribution < -0.4 is 10.2 Å². The number of fused-ring (bicyclic) bond motifs is 1. The molecule has 0 bridgehead atoms. The quantitative estimate of drug-likeness (QED) is 0.662. The van der Waals surface area contributed by atoms with Gasteiger partial charge in [0.15, 0.2) is 5.16 Å². The maximum Gasteiger partial charge on any atom is 0.189 e. The highest BCUT2D eigenvalue weighted by Gasteiger charge is 2.24. The average molecular weight is 278 g/mol. The first-order valence-corrected chi connectivity index (χ1v) is 8.40. The summed E-state index contributed by atoms with van der Waals surface area (Å²) >= 11 is 1.64. The number of hydrogen-bond acceptors (Lipinski definition) is 5. The van der Waals surface area contributed by atoms with Crippen molar-refractivity contribution < 1.29 is 0 Å². The Kier molecular flexibility index (Phi) is 3.93. The largest absolute Gasteiger partial charge is 0.356 e. The zero-order valence-electron chi connectivity index (χ0n) is 11.8. The number of piperidine rings is 1. The summed E-state index contributed by atoms with van der Waals surface area (Å²) in [5, 5.41) is 4.32.